The number of rotatable bonds is 7. The van der Waals surface area contributed by atoms with Crippen LogP contribution in [-0.4, -0.2) is 37.1 Å². The summed E-state index contributed by atoms with van der Waals surface area (Å²) in [5, 5.41) is 3.79. The molecule has 0 saturated heterocycles. The van der Waals surface area contributed by atoms with Gasteiger partial charge in [0.1, 0.15) is 0 Å². The van der Waals surface area contributed by atoms with E-state index in [4.69, 9.17) is 21.1 Å². The van der Waals surface area contributed by atoms with E-state index in [-0.39, 0.29) is 17.1 Å². The number of carbonyl (C=O) groups is 2. The average Bonchev–Trinajstić information content (AvgIpc) is 3.14. The normalized spacial score (nSPS) is 10.4. The van der Waals surface area contributed by atoms with Crippen LogP contribution in [0.1, 0.15) is 17.3 Å². The number of thiazole rings is 1. The van der Waals surface area contributed by atoms with E-state index in [1.54, 1.807) is 0 Å². The van der Waals surface area contributed by atoms with Gasteiger partial charge in [-0.15, -0.1) is 0 Å². The second-order valence-corrected chi connectivity index (χ2v) is 7.20. The number of fused-ring (bicyclic) bond motifs is 1. The number of methoxy groups -OCH3 is 1. The molecule has 0 bridgehead atoms. The van der Waals surface area contributed by atoms with Crippen molar-refractivity contribution in [3.8, 4) is 11.5 Å². The van der Waals surface area contributed by atoms with Gasteiger partial charge in [0.15, 0.2) is 16.6 Å². The van der Waals surface area contributed by atoms with Gasteiger partial charge in [0, 0.05) is 5.56 Å². The predicted octanol–water partition coefficient (Wildman–Crippen LogP) is 3.23. The molecule has 8 nitrogen and oxygen atoms in total. The molecule has 1 aromatic heterocycles. The number of halogens is 1. The Morgan fingerprint density at radius 3 is 2.72 bits per heavy atom. The molecule has 2 amide bonds. The number of para-hydroxylation sites is 1. The lowest BCUT2D eigenvalue weighted by Gasteiger charge is -2.13. The number of amides is 2. The summed E-state index contributed by atoms with van der Waals surface area (Å²) in [5.74, 6) is -0.284. The summed E-state index contributed by atoms with van der Waals surface area (Å²) in [6.07, 6.45) is 0. The highest BCUT2D eigenvalue weighted by Gasteiger charge is 2.16. The van der Waals surface area contributed by atoms with Gasteiger partial charge < -0.3 is 14.8 Å². The molecule has 152 valence electrons. The highest BCUT2D eigenvalue weighted by atomic mass is 35.5. The van der Waals surface area contributed by atoms with E-state index in [0.29, 0.717) is 23.2 Å². The van der Waals surface area contributed by atoms with Gasteiger partial charge in [-0.25, -0.2) is 4.98 Å². The van der Waals surface area contributed by atoms with Crippen LogP contribution in [0.2, 0.25) is 5.02 Å². The third kappa shape index (κ3) is 5.07. The largest absolute Gasteiger partial charge is 0.493 e. The van der Waals surface area contributed by atoms with Crippen LogP contribution in [0.3, 0.4) is 0 Å². The Morgan fingerprint density at radius 2 is 2.00 bits per heavy atom. The summed E-state index contributed by atoms with van der Waals surface area (Å²) >= 11 is 7.60. The number of carbonyl (C=O) groups excluding carboxylic acids is 2. The molecule has 3 rings (SSSR count). The minimum absolute atomic E-state index is 0.0482. The third-order valence-corrected chi connectivity index (χ3v) is 5.06. The average molecular weight is 435 g/mol. The highest BCUT2D eigenvalue weighted by Crippen LogP contribution is 2.36. The fourth-order valence-corrected chi connectivity index (χ4v) is 3.61. The van der Waals surface area contributed by atoms with E-state index in [0.717, 1.165) is 10.2 Å². The summed E-state index contributed by atoms with van der Waals surface area (Å²) in [4.78, 5) is 28.7. The van der Waals surface area contributed by atoms with Gasteiger partial charge in [-0.1, -0.05) is 35.1 Å². The Kier molecular flexibility index (Phi) is 6.73. The van der Waals surface area contributed by atoms with Crippen LogP contribution in [0.15, 0.2) is 36.4 Å². The zero-order valence-electron chi connectivity index (χ0n) is 15.7. The molecule has 29 heavy (non-hydrogen) atoms. The molecule has 0 saturated carbocycles. The lowest BCUT2D eigenvalue weighted by Crippen LogP contribution is -2.44. The second-order valence-electron chi connectivity index (χ2n) is 5.77. The second kappa shape index (κ2) is 9.44. The zero-order chi connectivity index (χ0) is 20.8. The summed E-state index contributed by atoms with van der Waals surface area (Å²) in [5.41, 5.74) is 5.76. The van der Waals surface area contributed by atoms with E-state index < -0.39 is 11.8 Å². The maximum absolute atomic E-state index is 12.3. The molecule has 0 radical (unpaired) electrons. The van der Waals surface area contributed by atoms with E-state index in [1.165, 1.54) is 30.6 Å². The van der Waals surface area contributed by atoms with E-state index >= 15 is 0 Å². The molecule has 1 heterocycles. The molecule has 0 spiro atoms. The van der Waals surface area contributed by atoms with Crippen LogP contribution >= 0.6 is 22.9 Å². The maximum Gasteiger partial charge on any atom is 0.269 e. The number of hydrazine groups is 1. The smallest absolute Gasteiger partial charge is 0.269 e. The van der Waals surface area contributed by atoms with Crippen molar-refractivity contribution in [3.05, 3.63) is 47.0 Å². The minimum Gasteiger partial charge on any atom is -0.493 e. The van der Waals surface area contributed by atoms with E-state index in [9.17, 15) is 9.59 Å². The van der Waals surface area contributed by atoms with Crippen molar-refractivity contribution in [1.82, 2.24) is 15.8 Å². The first-order valence-electron chi connectivity index (χ1n) is 8.70. The number of aromatic nitrogens is 1. The standard InChI is InChI=1S/C19H19ClN4O4S/c1-3-28-17-12(20)8-11(9-14(17)27-2)18(26)24-23-16(25)10-21-19-22-13-6-4-5-7-15(13)29-19/h4-9H,3,10H2,1-2H3,(H,21,22)(H,23,25)(H,24,26). The Hall–Kier alpha value is -3.04. The molecular formula is C19H19ClN4O4S. The number of ether oxygens (including phenoxy) is 2. The molecular weight excluding hydrogens is 416 g/mol. The van der Waals surface area contributed by atoms with Crippen LogP contribution in [-0.2, 0) is 4.79 Å². The van der Waals surface area contributed by atoms with Gasteiger partial charge in [0.2, 0.25) is 0 Å². The lowest BCUT2D eigenvalue weighted by atomic mass is 10.2. The van der Waals surface area contributed by atoms with Crippen molar-refractivity contribution < 1.29 is 19.1 Å². The summed E-state index contributed by atoms with van der Waals surface area (Å²) in [6.45, 7) is 2.17. The van der Waals surface area contributed by atoms with Gasteiger partial charge in [0.05, 0.1) is 35.5 Å². The van der Waals surface area contributed by atoms with Crippen molar-refractivity contribution >= 4 is 50.1 Å². The maximum atomic E-state index is 12.3. The highest BCUT2D eigenvalue weighted by molar-refractivity contribution is 7.22. The van der Waals surface area contributed by atoms with Gasteiger partial charge in [-0.2, -0.15) is 0 Å². The van der Waals surface area contributed by atoms with Crippen molar-refractivity contribution in [2.24, 2.45) is 0 Å². The van der Waals surface area contributed by atoms with Crippen molar-refractivity contribution in [3.63, 3.8) is 0 Å². The fraction of sp³-hybridized carbons (Fsp3) is 0.211. The molecule has 0 fully saturated rings. The molecule has 3 N–H and O–H groups in total. The lowest BCUT2D eigenvalue weighted by molar-refractivity contribution is -0.120. The molecule has 10 heteroatoms. The quantitative estimate of drug-likeness (QED) is 0.493. The summed E-state index contributed by atoms with van der Waals surface area (Å²) < 4.78 is 11.6. The summed E-state index contributed by atoms with van der Waals surface area (Å²) in [7, 11) is 1.45. The first kappa shape index (κ1) is 20.7. The number of hydrogen-bond donors (Lipinski definition) is 3. The zero-order valence-corrected chi connectivity index (χ0v) is 17.3. The number of nitrogens with one attached hydrogen (secondary N) is 3. The molecule has 0 aliphatic heterocycles. The number of benzene rings is 2. The molecule has 2 aromatic carbocycles. The van der Waals surface area contributed by atoms with Crippen molar-refractivity contribution in [2.75, 3.05) is 25.6 Å². The van der Waals surface area contributed by atoms with Crippen LogP contribution in [0, 0.1) is 0 Å². The topological polar surface area (TPSA) is 102 Å². The Balaban J connectivity index is 1.55. The number of anilines is 1. The van der Waals surface area contributed by atoms with Gasteiger partial charge in [-0.3, -0.25) is 20.4 Å². The van der Waals surface area contributed by atoms with Gasteiger partial charge in [0.25, 0.3) is 11.8 Å². The first-order chi connectivity index (χ1) is 14.0. The molecule has 3 aromatic rings. The molecule has 0 atom stereocenters. The molecule has 0 unspecified atom stereocenters. The predicted molar refractivity (Wildman–Crippen MR) is 113 cm³/mol. The Bertz CT molecular complexity index is 1010. The Morgan fingerprint density at radius 1 is 1.21 bits per heavy atom. The van der Waals surface area contributed by atoms with Crippen molar-refractivity contribution in [1.29, 1.82) is 0 Å². The summed E-state index contributed by atoms with van der Waals surface area (Å²) in [6, 6.07) is 10.6. The van der Waals surface area contributed by atoms with Gasteiger partial charge >= 0.3 is 0 Å². The van der Waals surface area contributed by atoms with Crippen LogP contribution in [0.25, 0.3) is 10.2 Å². The van der Waals surface area contributed by atoms with Crippen LogP contribution in [0.5, 0.6) is 11.5 Å². The number of hydrogen-bond acceptors (Lipinski definition) is 7. The van der Waals surface area contributed by atoms with Crippen molar-refractivity contribution in [2.45, 2.75) is 6.92 Å². The van der Waals surface area contributed by atoms with Crippen LogP contribution < -0.4 is 25.6 Å². The monoisotopic (exact) mass is 434 g/mol. The molecule has 0 aliphatic rings. The van der Waals surface area contributed by atoms with E-state index in [2.05, 4.69) is 21.2 Å². The SMILES string of the molecule is CCOc1c(Cl)cc(C(=O)NNC(=O)CNc2nc3ccccc3s2)cc1OC. The minimum atomic E-state index is -0.540. The van der Waals surface area contributed by atoms with E-state index in [1.807, 2.05) is 31.2 Å². The van der Waals surface area contributed by atoms with Gasteiger partial charge in [-0.05, 0) is 31.2 Å². The van der Waals surface area contributed by atoms with Crippen LogP contribution in [0.4, 0.5) is 5.13 Å². The molecule has 0 aliphatic carbocycles. The number of nitrogens with zero attached hydrogens (tertiary/aromatic N) is 1. The fourth-order valence-electron chi connectivity index (χ4n) is 2.48. The third-order valence-electron chi connectivity index (χ3n) is 3.79. The Labute approximate surface area is 176 Å². The first-order valence-corrected chi connectivity index (χ1v) is 9.90.